The van der Waals surface area contributed by atoms with Gasteiger partial charge >= 0.3 is 6.61 Å². The van der Waals surface area contributed by atoms with Crippen LogP contribution < -0.4 is 10.1 Å². The fraction of sp³-hybridized carbons (Fsp3) is 0.200. The molecule has 6 heteroatoms. The van der Waals surface area contributed by atoms with Gasteiger partial charge in [-0.15, -0.1) is 0 Å². The zero-order valence-electron chi connectivity index (χ0n) is 11.2. The van der Waals surface area contributed by atoms with Gasteiger partial charge in [0, 0.05) is 16.0 Å². The van der Waals surface area contributed by atoms with Crippen molar-refractivity contribution in [1.29, 1.82) is 0 Å². The Morgan fingerprint density at radius 1 is 1.24 bits per heavy atom. The second-order valence-electron chi connectivity index (χ2n) is 4.46. The first-order valence-electron chi connectivity index (χ1n) is 6.19. The lowest BCUT2D eigenvalue weighted by Gasteiger charge is -2.11. The number of benzene rings is 2. The van der Waals surface area contributed by atoms with Gasteiger partial charge < -0.3 is 10.1 Å². The molecular formula is C15H13BrClF2NO. The highest BCUT2D eigenvalue weighted by atomic mass is 79.9. The highest BCUT2D eigenvalue weighted by Crippen LogP contribution is 2.29. The third-order valence-electron chi connectivity index (χ3n) is 2.88. The number of nitrogens with one attached hydrogen (secondary N) is 1. The normalized spacial score (nSPS) is 10.8. The van der Waals surface area contributed by atoms with E-state index in [2.05, 4.69) is 26.0 Å². The third-order valence-corrected chi connectivity index (χ3v) is 3.94. The summed E-state index contributed by atoms with van der Waals surface area (Å²) in [7, 11) is 0. The number of alkyl halides is 2. The van der Waals surface area contributed by atoms with Crippen molar-refractivity contribution in [3.8, 4) is 5.75 Å². The van der Waals surface area contributed by atoms with Gasteiger partial charge in [-0.25, -0.2) is 0 Å². The summed E-state index contributed by atoms with van der Waals surface area (Å²) in [6.45, 7) is -0.328. The summed E-state index contributed by atoms with van der Waals surface area (Å²) in [6.07, 6.45) is 0. The quantitative estimate of drug-likeness (QED) is 0.731. The molecule has 2 aromatic rings. The van der Waals surface area contributed by atoms with Crippen LogP contribution >= 0.6 is 27.5 Å². The van der Waals surface area contributed by atoms with Crippen LogP contribution in [-0.4, -0.2) is 6.61 Å². The molecule has 0 aliphatic rings. The maximum Gasteiger partial charge on any atom is 0.387 e. The number of aryl methyl sites for hydroxylation is 1. The van der Waals surface area contributed by atoms with Crippen LogP contribution in [0.25, 0.3) is 0 Å². The van der Waals surface area contributed by atoms with E-state index in [0.717, 1.165) is 21.3 Å². The van der Waals surface area contributed by atoms with Gasteiger partial charge in [-0.3, -0.25) is 0 Å². The number of anilines is 1. The van der Waals surface area contributed by atoms with E-state index in [-0.39, 0.29) is 5.75 Å². The van der Waals surface area contributed by atoms with Crippen molar-refractivity contribution >= 4 is 33.2 Å². The van der Waals surface area contributed by atoms with Crippen LogP contribution in [0.2, 0.25) is 5.02 Å². The minimum Gasteiger partial charge on any atom is -0.435 e. The molecule has 0 bridgehead atoms. The number of hydrogen-bond acceptors (Lipinski definition) is 2. The summed E-state index contributed by atoms with van der Waals surface area (Å²) in [4.78, 5) is 0. The Hall–Kier alpha value is -1.33. The Morgan fingerprint density at radius 3 is 2.52 bits per heavy atom. The van der Waals surface area contributed by atoms with Gasteiger partial charge in [-0.1, -0.05) is 23.7 Å². The molecular weight excluding hydrogens is 364 g/mol. The predicted molar refractivity (Wildman–Crippen MR) is 84.3 cm³/mol. The molecule has 0 amide bonds. The summed E-state index contributed by atoms with van der Waals surface area (Å²) in [5.41, 5.74) is 2.81. The van der Waals surface area contributed by atoms with Crippen molar-refractivity contribution in [3.05, 3.63) is 57.0 Å². The molecule has 0 aliphatic heterocycles. The van der Waals surface area contributed by atoms with Crippen LogP contribution in [0.5, 0.6) is 5.75 Å². The Labute approximate surface area is 135 Å². The maximum absolute atomic E-state index is 12.1. The summed E-state index contributed by atoms with van der Waals surface area (Å²) in [5.74, 6) is 0.147. The van der Waals surface area contributed by atoms with Crippen molar-refractivity contribution in [2.24, 2.45) is 0 Å². The van der Waals surface area contributed by atoms with E-state index in [4.69, 9.17) is 11.6 Å². The highest BCUT2D eigenvalue weighted by molar-refractivity contribution is 9.10. The predicted octanol–water partition coefficient (Wildman–Crippen LogP) is 5.62. The van der Waals surface area contributed by atoms with E-state index >= 15 is 0 Å². The fourth-order valence-corrected chi connectivity index (χ4v) is 2.53. The molecule has 0 saturated heterocycles. The average Bonchev–Trinajstić information content (AvgIpc) is 2.42. The minimum atomic E-state index is -2.81. The second kappa shape index (κ2) is 7.09. The van der Waals surface area contributed by atoms with E-state index in [1.54, 1.807) is 12.1 Å². The van der Waals surface area contributed by atoms with Gasteiger partial charge in [0.25, 0.3) is 0 Å². The lowest BCUT2D eigenvalue weighted by Crippen LogP contribution is -2.03. The van der Waals surface area contributed by atoms with Gasteiger partial charge in [0.15, 0.2) is 0 Å². The van der Waals surface area contributed by atoms with Crippen LogP contribution in [0, 0.1) is 6.92 Å². The number of halogens is 4. The summed E-state index contributed by atoms with van der Waals surface area (Å²) < 4.78 is 29.3. The molecule has 112 valence electrons. The topological polar surface area (TPSA) is 21.3 Å². The summed E-state index contributed by atoms with van der Waals surface area (Å²) in [6, 6.07) is 10.3. The fourth-order valence-electron chi connectivity index (χ4n) is 1.77. The van der Waals surface area contributed by atoms with Crippen molar-refractivity contribution < 1.29 is 13.5 Å². The molecule has 0 heterocycles. The van der Waals surface area contributed by atoms with Crippen molar-refractivity contribution in [1.82, 2.24) is 0 Å². The summed E-state index contributed by atoms with van der Waals surface area (Å²) in [5, 5.41) is 3.92. The number of hydrogen-bond donors (Lipinski definition) is 1. The molecule has 0 radical (unpaired) electrons. The largest absolute Gasteiger partial charge is 0.435 e. The molecule has 0 atom stereocenters. The lowest BCUT2D eigenvalue weighted by molar-refractivity contribution is -0.0498. The van der Waals surface area contributed by atoms with Crippen LogP contribution in [-0.2, 0) is 6.54 Å². The van der Waals surface area contributed by atoms with Crippen molar-refractivity contribution in [3.63, 3.8) is 0 Å². The monoisotopic (exact) mass is 375 g/mol. The molecule has 0 fully saturated rings. The van der Waals surface area contributed by atoms with E-state index in [1.165, 1.54) is 12.1 Å². The Bertz CT molecular complexity index is 620. The molecule has 0 aromatic heterocycles. The molecule has 2 rings (SSSR count). The van der Waals surface area contributed by atoms with E-state index in [1.807, 2.05) is 19.1 Å². The number of ether oxygens (including phenoxy) is 1. The molecule has 21 heavy (non-hydrogen) atoms. The molecule has 2 aromatic carbocycles. The third kappa shape index (κ3) is 4.58. The van der Waals surface area contributed by atoms with Gasteiger partial charge in [-0.2, -0.15) is 8.78 Å². The first kappa shape index (κ1) is 16.0. The second-order valence-corrected chi connectivity index (χ2v) is 5.72. The SMILES string of the molecule is Cc1cc(Br)c(NCc2ccc(OC(F)F)cc2)cc1Cl. The first-order valence-corrected chi connectivity index (χ1v) is 7.36. The van der Waals surface area contributed by atoms with Crippen LogP contribution in [0.15, 0.2) is 40.9 Å². The smallest absolute Gasteiger partial charge is 0.387 e. The van der Waals surface area contributed by atoms with E-state index < -0.39 is 6.61 Å². The molecule has 1 N–H and O–H groups in total. The zero-order chi connectivity index (χ0) is 15.4. The molecule has 0 saturated carbocycles. The van der Waals surface area contributed by atoms with E-state index in [0.29, 0.717) is 11.6 Å². The van der Waals surface area contributed by atoms with Crippen LogP contribution in [0.1, 0.15) is 11.1 Å². The van der Waals surface area contributed by atoms with E-state index in [9.17, 15) is 8.78 Å². The van der Waals surface area contributed by atoms with Gasteiger partial charge in [0.05, 0.1) is 5.69 Å². The first-order chi connectivity index (χ1) is 9.95. The maximum atomic E-state index is 12.1. The molecule has 2 nitrogen and oxygen atoms in total. The van der Waals surface area contributed by atoms with Gasteiger partial charge in [0.1, 0.15) is 5.75 Å². The molecule has 0 aliphatic carbocycles. The molecule has 0 unspecified atom stereocenters. The Balaban J connectivity index is 2.01. The van der Waals surface area contributed by atoms with Gasteiger partial charge in [0.2, 0.25) is 0 Å². The van der Waals surface area contributed by atoms with Gasteiger partial charge in [-0.05, 0) is 58.2 Å². The zero-order valence-corrected chi connectivity index (χ0v) is 13.5. The highest BCUT2D eigenvalue weighted by Gasteiger charge is 2.06. The number of rotatable bonds is 5. The molecule has 0 spiro atoms. The van der Waals surface area contributed by atoms with Crippen LogP contribution in [0.4, 0.5) is 14.5 Å². The Kier molecular flexibility index (Phi) is 5.42. The lowest BCUT2D eigenvalue weighted by atomic mass is 10.2. The standard InChI is InChI=1S/C15H13BrClF2NO/c1-9-6-12(16)14(7-13(9)17)20-8-10-2-4-11(5-3-10)21-15(18)19/h2-7,15,20H,8H2,1H3. The van der Waals surface area contributed by atoms with Crippen molar-refractivity contribution in [2.75, 3.05) is 5.32 Å². The minimum absolute atomic E-state index is 0.147. The summed E-state index contributed by atoms with van der Waals surface area (Å²) >= 11 is 9.56. The van der Waals surface area contributed by atoms with Crippen molar-refractivity contribution in [2.45, 2.75) is 20.1 Å². The average molecular weight is 377 g/mol. The van der Waals surface area contributed by atoms with Crippen LogP contribution in [0.3, 0.4) is 0 Å². The Morgan fingerprint density at radius 2 is 1.90 bits per heavy atom.